The summed E-state index contributed by atoms with van der Waals surface area (Å²) in [6.07, 6.45) is -7.49. The molecule has 0 aromatic rings. The molecule has 0 heterocycles. The standard InChI is InChI=1S/C6H7F5O4S/c1-3(2)15-4(12)5(7,6(8,9)10)16(11,13)14/h3H,1-2H3/t5-/m0/s1. The van der Waals surface area contributed by atoms with Crippen LogP contribution >= 0.6 is 0 Å². The van der Waals surface area contributed by atoms with Crippen molar-refractivity contribution in [3.05, 3.63) is 0 Å². The quantitative estimate of drug-likeness (QED) is 0.442. The lowest BCUT2D eigenvalue weighted by Gasteiger charge is -2.22. The molecule has 10 heteroatoms. The first-order valence-electron chi connectivity index (χ1n) is 3.75. The highest BCUT2D eigenvalue weighted by Gasteiger charge is 2.73. The Labute approximate surface area is 87.6 Å². The van der Waals surface area contributed by atoms with E-state index in [0.29, 0.717) is 0 Å². The van der Waals surface area contributed by atoms with Gasteiger partial charge in [-0.1, -0.05) is 0 Å². The van der Waals surface area contributed by atoms with Crippen LogP contribution in [0.15, 0.2) is 0 Å². The Hall–Kier alpha value is -0.930. The summed E-state index contributed by atoms with van der Waals surface area (Å²) in [5.41, 5.74) is 0. The molecule has 0 radical (unpaired) electrons. The first-order chi connectivity index (χ1) is 6.84. The van der Waals surface area contributed by atoms with Crippen molar-refractivity contribution in [3.8, 4) is 0 Å². The minimum atomic E-state index is -6.83. The molecule has 0 saturated carbocycles. The van der Waals surface area contributed by atoms with E-state index in [2.05, 4.69) is 4.74 Å². The lowest BCUT2D eigenvalue weighted by molar-refractivity contribution is -0.216. The normalized spacial score (nSPS) is 17.0. The number of carbonyl (C=O) groups is 1. The molecule has 96 valence electrons. The van der Waals surface area contributed by atoms with Crippen LogP contribution < -0.4 is 0 Å². The van der Waals surface area contributed by atoms with Crippen LogP contribution in [0.3, 0.4) is 0 Å². The zero-order valence-corrected chi connectivity index (χ0v) is 8.82. The molecule has 16 heavy (non-hydrogen) atoms. The van der Waals surface area contributed by atoms with Crippen LogP contribution in [0.2, 0.25) is 0 Å². The van der Waals surface area contributed by atoms with Gasteiger partial charge in [-0.05, 0) is 13.8 Å². The smallest absolute Gasteiger partial charge is 0.451 e. The molecule has 0 aliphatic carbocycles. The number of hydrogen-bond acceptors (Lipinski definition) is 4. The number of carbonyl (C=O) groups excluding carboxylic acids is 1. The topological polar surface area (TPSA) is 60.4 Å². The van der Waals surface area contributed by atoms with Crippen molar-refractivity contribution < 1.29 is 39.4 Å². The highest BCUT2D eigenvalue weighted by atomic mass is 32.3. The van der Waals surface area contributed by atoms with E-state index in [0.717, 1.165) is 13.8 Å². The van der Waals surface area contributed by atoms with E-state index in [1.807, 2.05) is 0 Å². The van der Waals surface area contributed by atoms with Crippen LogP contribution in [0.4, 0.5) is 21.4 Å². The van der Waals surface area contributed by atoms with E-state index >= 15 is 0 Å². The molecule has 0 aromatic carbocycles. The zero-order valence-electron chi connectivity index (χ0n) is 8.01. The van der Waals surface area contributed by atoms with Crippen molar-refractivity contribution in [2.45, 2.75) is 31.1 Å². The third-order valence-electron chi connectivity index (χ3n) is 1.31. The Bertz CT molecular complexity index is 373. The van der Waals surface area contributed by atoms with Crippen molar-refractivity contribution in [2.75, 3.05) is 0 Å². The number of ether oxygens (including phenoxy) is 1. The average molecular weight is 270 g/mol. The van der Waals surface area contributed by atoms with Crippen molar-refractivity contribution in [1.82, 2.24) is 0 Å². The van der Waals surface area contributed by atoms with Gasteiger partial charge in [0.2, 0.25) is 0 Å². The Balaban J connectivity index is 5.55. The van der Waals surface area contributed by atoms with E-state index in [1.165, 1.54) is 0 Å². The van der Waals surface area contributed by atoms with Gasteiger partial charge in [-0.25, -0.2) is 9.18 Å². The van der Waals surface area contributed by atoms with E-state index in [9.17, 15) is 34.7 Å². The van der Waals surface area contributed by atoms with Gasteiger partial charge in [0.25, 0.3) is 0 Å². The lowest BCUT2D eigenvalue weighted by atomic mass is 10.3. The summed E-state index contributed by atoms with van der Waals surface area (Å²) in [7, 11) is -6.83. The second kappa shape index (κ2) is 4.15. The van der Waals surface area contributed by atoms with Gasteiger partial charge in [-0.3, -0.25) is 0 Å². The predicted octanol–water partition coefficient (Wildman–Crippen LogP) is 1.47. The number of alkyl halides is 4. The number of rotatable bonds is 3. The number of hydrogen-bond donors (Lipinski definition) is 0. The van der Waals surface area contributed by atoms with Gasteiger partial charge >= 0.3 is 27.4 Å². The molecule has 0 aliphatic heterocycles. The van der Waals surface area contributed by atoms with Crippen LogP contribution in [0.1, 0.15) is 13.8 Å². The molecule has 0 amide bonds. The largest absolute Gasteiger partial charge is 0.459 e. The number of halogens is 5. The molecule has 0 unspecified atom stereocenters. The van der Waals surface area contributed by atoms with Gasteiger partial charge < -0.3 is 4.74 Å². The molecule has 1 atom stereocenters. The molecular weight excluding hydrogens is 263 g/mol. The van der Waals surface area contributed by atoms with Crippen LogP contribution in [0.5, 0.6) is 0 Å². The molecule has 0 fully saturated rings. The first kappa shape index (κ1) is 15.1. The SMILES string of the molecule is CC(C)OC(=O)[C@@](F)(C(F)(F)F)S(=O)(=O)F. The van der Waals surface area contributed by atoms with Crippen molar-refractivity contribution in [2.24, 2.45) is 0 Å². The van der Waals surface area contributed by atoms with E-state index in [4.69, 9.17) is 0 Å². The maximum absolute atomic E-state index is 13.0. The molecular formula is C6H7F5O4S. The van der Waals surface area contributed by atoms with Crippen LogP contribution in [-0.4, -0.2) is 31.7 Å². The summed E-state index contributed by atoms with van der Waals surface area (Å²) in [5, 5.41) is -5.69. The molecule has 0 aromatic heterocycles. The maximum atomic E-state index is 13.0. The molecule has 0 bridgehead atoms. The third-order valence-corrected chi connectivity index (χ3v) is 2.38. The molecule has 0 saturated heterocycles. The van der Waals surface area contributed by atoms with Gasteiger partial charge in [-0.2, -0.15) is 21.6 Å². The fourth-order valence-corrected chi connectivity index (χ4v) is 1.17. The number of esters is 1. The van der Waals surface area contributed by atoms with E-state index in [-0.39, 0.29) is 0 Å². The Kier molecular flexibility index (Phi) is 3.91. The summed E-state index contributed by atoms with van der Waals surface area (Å²) in [6.45, 7) is 2.08. The molecule has 0 aliphatic rings. The lowest BCUT2D eigenvalue weighted by Crippen LogP contribution is -2.54. The Morgan fingerprint density at radius 2 is 1.56 bits per heavy atom. The average Bonchev–Trinajstić information content (AvgIpc) is 1.96. The van der Waals surface area contributed by atoms with Crippen LogP contribution in [0, 0.1) is 0 Å². The molecule has 0 rings (SSSR count). The first-order valence-corrected chi connectivity index (χ1v) is 5.13. The maximum Gasteiger partial charge on any atom is 0.451 e. The van der Waals surface area contributed by atoms with Gasteiger partial charge in [0.15, 0.2) is 0 Å². The minimum absolute atomic E-state index is 1.04. The summed E-state index contributed by atoms with van der Waals surface area (Å²) in [6, 6.07) is 0. The second-order valence-corrected chi connectivity index (χ2v) is 4.42. The summed E-state index contributed by atoms with van der Waals surface area (Å²) in [5.74, 6) is -2.85. The fourth-order valence-electron chi connectivity index (χ4n) is 0.643. The van der Waals surface area contributed by atoms with Crippen molar-refractivity contribution in [3.63, 3.8) is 0 Å². The summed E-state index contributed by atoms with van der Waals surface area (Å²) in [4.78, 5) is 10.6. The van der Waals surface area contributed by atoms with Crippen LogP contribution in [-0.2, 0) is 19.8 Å². The highest BCUT2D eigenvalue weighted by Crippen LogP contribution is 2.40. The van der Waals surface area contributed by atoms with Crippen molar-refractivity contribution in [1.29, 1.82) is 0 Å². The summed E-state index contributed by atoms with van der Waals surface area (Å²) >= 11 is 0. The molecule has 0 spiro atoms. The Morgan fingerprint density at radius 1 is 1.19 bits per heavy atom. The predicted molar refractivity (Wildman–Crippen MR) is 41.1 cm³/mol. The van der Waals surface area contributed by atoms with E-state index in [1.54, 1.807) is 0 Å². The summed E-state index contributed by atoms with van der Waals surface area (Å²) < 4.78 is 85.1. The fraction of sp³-hybridized carbons (Fsp3) is 0.833. The Morgan fingerprint density at radius 3 is 1.75 bits per heavy atom. The second-order valence-electron chi connectivity index (χ2n) is 2.98. The van der Waals surface area contributed by atoms with Gasteiger partial charge in [0, 0.05) is 0 Å². The van der Waals surface area contributed by atoms with Crippen LogP contribution in [0.25, 0.3) is 0 Å². The molecule has 0 N–H and O–H groups in total. The third kappa shape index (κ3) is 2.60. The monoisotopic (exact) mass is 270 g/mol. The zero-order chi connectivity index (χ0) is 13.4. The minimum Gasteiger partial charge on any atom is -0.459 e. The van der Waals surface area contributed by atoms with Crippen molar-refractivity contribution >= 4 is 16.2 Å². The highest BCUT2D eigenvalue weighted by molar-refractivity contribution is 7.88. The van der Waals surface area contributed by atoms with Gasteiger partial charge in [0.05, 0.1) is 6.10 Å². The molecule has 4 nitrogen and oxygen atoms in total. The van der Waals surface area contributed by atoms with Gasteiger partial charge in [0.1, 0.15) is 0 Å². The van der Waals surface area contributed by atoms with Gasteiger partial charge in [-0.15, -0.1) is 3.89 Å². The van der Waals surface area contributed by atoms with E-state index < -0.39 is 33.5 Å².